The van der Waals surface area contributed by atoms with E-state index in [1.165, 1.54) is 0 Å². The molecule has 0 saturated heterocycles. The van der Waals surface area contributed by atoms with Crippen LogP contribution in [0.5, 0.6) is 0 Å². The van der Waals surface area contributed by atoms with Crippen molar-refractivity contribution in [1.82, 2.24) is 9.88 Å². The number of nitrogens with zero attached hydrogens (tertiary/aromatic N) is 1. The monoisotopic (exact) mass is 271 g/mol. The van der Waals surface area contributed by atoms with Crippen molar-refractivity contribution in [3.8, 4) is 0 Å². The Labute approximate surface area is 117 Å². The smallest absolute Gasteiger partial charge is 0.254 e. The summed E-state index contributed by atoms with van der Waals surface area (Å²) >= 11 is 0. The Hall–Kier alpha value is -2.56. The van der Waals surface area contributed by atoms with Crippen LogP contribution in [0.3, 0.4) is 0 Å². The molecule has 0 bridgehead atoms. The maximum Gasteiger partial charge on any atom is 0.254 e. The number of benzene rings is 1. The lowest BCUT2D eigenvalue weighted by atomic mass is 10.1. The molecule has 2 rings (SSSR count). The topological polar surface area (TPSA) is 77.1 Å². The van der Waals surface area contributed by atoms with Gasteiger partial charge in [-0.2, -0.15) is 0 Å². The molecule has 0 radical (unpaired) electrons. The van der Waals surface area contributed by atoms with Gasteiger partial charge in [-0.25, -0.2) is 0 Å². The lowest BCUT2D eigenvalue weighted by molar-refractivity contribution is -0.119. The van der Waals surface area contributed by atoms with Gasteiger partial charge in [-0.05, 0) is 13.0 Å². The van der Waals surface area contributed by atoms with E-state index < -0.39 is 11.9 Å². The molecule has 20 heavy (non-hydrogen) atoms. The molecule has 0 saturated carbocycles. The number of allylic oxidation sites excluding steroid dienone is 1. The minimum atomic E-state index is -0.705. The number of rotatable bonds is 5. The average Bonchev–Trinajstić information content (AvgIpc) is 2.78. The van der Waals surface area contributed by atoms with E-state index in [0.29, 0.717) is 12.1 Å². The van der Waals surface area contributed by atoms with Crippen LogP contribution in [0.1, 0.15) is 17.3 Å². The molecule has 0 aliphatic carbocycles. The molecule has 0 spiro atoms. The number of nitrogens with one attached hydrogen (secondary N) is 1. The van der Waals surface area contributed by atoms with Gasteiger partial charge < -0.3 is 15.6 Å². The minimum absolute atomic E-state index is 0.310. The van der Waals surface area contributed by atoms with Gasteiger partial charge in [-0.3, -0.25) is 9.59 Å². The molecule has 0 unspecified atom stereocenters. The van der Waals surface area contributed by atoms with Crippen molar-refractivity contribution in [3.63, 3.8) is 0 Å². The summed E-state index contributed by atoms with van der Waals surface area (Å²) < 4.78 is 1.94. The first-order valence-corrected chi connectivity index (χ1v) is 6.33. The largest absolute Gasteiger partial charge is 0.368 e. The quantitative estimate of drug-likeness (QED) is 0.807. The Balaban J connectivity index is 2.41. The summed E-state index contributed by atoms with van der Waals surface area (Å²) in [6, 6.07) is 6.89. The Bertz CT molecular complexity index is 673. The third-order valence-electron chi connectivity index (χ3n) is 3.13. The van der Waals surface area contributed by atoms with E-state index in [2.05, 4.69) is 11.9 Å². The van der Waals surface area contributed by atoms with Crippen LogP contribution in [0, 0.1) is 0 Å². The fourth-order valence-electron chi connectivity index (χ4n) is 2.06. The van der Waals surface area contributed by atoms with Crippen molar-refractivity contribution in [3.05, 3.63) is 48.7 Å². The number of fused-ring (bicyclic) bond motifs is 1. The highest BCUT2D eigenvalue weighted by Crippen LogP contribution is 2.21. The van der Waals surface area contributed by atoms with Crippen LogP contribution in [-0.2, 0) is 11.3 Å². The highest BCUT2D eigenvalue weighted by atomic mass is 16.2. The van der Waals surface area contributed by atoms with Crippen molar-refractivity contribution in [2.75, 3.05) is 0 Å². The van der Waals surface area contributed by atoms with Crippen LogP contribution in [0.15, 0.2) is 43.1 Å². The number of carbonyl (C=O) groups is 2. The molecule has 2 aromatic rings. The number of hydrogen-bond acceptors (Lipinski definition) is 2. The molecule has 3 N–H and O–H groups in total. The predicted octanol–water partition coefficient (Wildman–Crippen LogP) is 1.43. The zero-order valence-corrected chi connectivity index (χ0v) is 11.3. The third-order valence-corrected chi connectivity index (χ3v) is 3.13. The minimum Gasteiger partial charge on any atom is -0.368 e. The molecule has 2 amide bonds. The first-order chi connectivity index (χ1) is 9.54. The molecule has 1 aromatic heterocycles. The zero-order chi connectivity index (χ0) is 14.7. The lowest BCUT2D eigenvalue weighted by Gasteiger charge is -2.09. The number of hydrogen-bond donors (Lipinski definition) is 2. The highest BCUT2D eigenvalue weighted by molar-refractivity contribution is 6.08. The maximum absolute atomic E-state index is 12.2. The molecule has 1 heterocycles. The molecular formula is C15H17N3O2. The Morgan fingerprint density at radius 1 is 1.45 bits per heavy atom. The van der Waals surface area contributed by atoms with Crippen LogP contribution < -0.4 is 11.1 Å². The van der Waals surface area contributed by atoms with Gasteiger partial charge in [-0.15, -0.1) is 6.58 Å². The second-order valence-corrected chi connectivity index (χ2v) is 4.60. The molecule has 5 nitrogen and oxygen atoms in total. The summed E-state index contributed by atoms with van der Waals surface area (Å²) in [6.45, 7) is 5.87. The van der Waals surface area contributed by atoms with Gasteiger partial charge in [0, 0.05) is 23.6 Å². The number of aromatic nitrogens is 1. The van der Waals surface area contributed by atoms with E-state index in [1.54, 1.807) is 19.2 Å². The molecule has 0 aliphatic heterocycles. The maximum atomic E-state index is 12.2. The average molecular weight is 271 g/mol. The van der Waals surface area contributed by atoms with Gasteiger partial charge in [0.25, 0.3) is 5.91 Å². The number of para-hydroxylation sites is 1. The fourth-order valence-corrected chi connectivity index (χ4v) is 2.06. The SMILES string of the molecule is C=CCn1cc(C(=O)N[C@H](C)C(N)=O)c2ccccc21. The summed E-state index contributed by atoms with van der Waals surface area (Å²) in [7, 11) is 0. The van der Waals surface area contributed by atoms with Gasteiger partial charge in [0.15, 0.2) is 0 Å². The predicted molar refractivity (Wildman–Crippen MR) is 78.3 cm³/mol. The standard InChI is InChI=1S/C15H17N3O2/c1-3-8-18-9-12(11-6-4-5-7-13(11)18)15(20)17-10(2)14(16)19/h3-7,9-10H,1,8H2,2H3,(H2,16,19)(H,17,20)/t10-/m1/s1. The van der Waals surface area contributed by atoms with Crippen molar-refractivity contribution in [2.24, 2.45) is 5.73 Å². The normalized spacial score (nSPS) is 12.1. The van der Waals surface area contributed by atoms with Gasteiger partial charge in [-0.1, -0.05) is 24.3 Å². The van der Waals surface area contributed by atoms with Gasteiger partial charge in [0.05, 0.1) is 5.56 Å². The van der Waals surface area contributed by atoms with Crippen LogP contribution >= 0.6 is 0 Å². The summed E-state index contributed by atoms with van der Waals surface area (Å²) in [5.41, 5.74) is 6.63. The van der Waals surface area contributed by atoms with Gasteiger partial charge >= 0.3 is 0 Å². The van der Waals surface area contributed by atoms with E-state index >= 15 is 0 Å². The summed E-state index contributed by atoms with van der Waals surface area (Å²) in [5.74, 6) is -0.872. The van der Waals surface area contributed by atoms with E-state index in [4.69, 9.17) is 5.73 Å². The second-order valence-electron chi connectivity index (χ2n) is 4.60. The lowest BCUT2D eigenvalue weighted by Crippen LogP contribution is -2.42. The van der Waals surface area contributed by atoms with Crippen LogP contribution in [0.4, 0.5) is 0 Å². The van der Waals surface area contributed by atoms with E-state index in [0.717, 1.165) is 10.9 Å². The molecule has 5 heteroatoms. The molecular weight excluding hydrogens is 254 g/mol. The summed E-state index contributed by atoms with van der Waals surface area (Å²) in [5, 5.41) is 3.43. The summed E-state index contributed by atoms with van der Waals surface area (Å²) in [6.07, 6.45) is 3.52. The van der Waals surface area contributed by atoms with Gasteiger partial charge in [0.2, 0.25) is 5.91 Å². The third kappa shape index (κ3) is 2.56. The second kappa shape index (κ2) is 5.61. The Kier molecular flexibility index (Phi) is 3.89. The van der Waals surface area contributed by atoms with Crippen LogP contribution in [0.2, 0.25) is 0 Å². The Morgan fingerprint density at radius 3 is 2.80 bits per heavy atom. The number of nitrogens with two attached hydrogens (primary N) is 1. The van der Waals surface area contributed by atoms with Crippen molar-refractivity contribution < 1.29 is 9.59 Å². The van der Waals surface area contributed by atoms with Crippen LogP contribution in [0.25, 0.3) is 10.9 Å². The van der Waals surface area contributed by atoms with Crippen molar-refractivity contribution >= 4 is 22.7 Å². The molecule has 1 atom stereocenters. The van der Waals surface area contributed by atoms with E-state index in [9.17, 15) is 9.59 Å². The number of primary amides is 1. The highest BCUT2D eigenvalue weighted by Gasteiger charge is 2.18. The van der Waals surface area contributed by atoms with E-state index in [-0.39, 0.29) is 5.91 Å². The summed E-state index contributed by atoms with van der Waals surface area (Å²) in [4.78, 5) is 23.3. The molecule has 1 aromatic carbocycles. The molecule has 104 valence electrons. The molecule has 0 aliphatic rings. The van der Waals surface area contributed by atoms with E-state index in [1.807, 2.05) is 28.8 Å². The molecule has 0 fully saturated rings. The number of amides is 2. The van der Waals surface area contributed by atoms with Crippen molar-refractivity contribution in [2.45, 2.75) is 19.5 Å². The van der Waals surface area contributed by atoms with Crippen LogP contribution in [-0.4, -0.2) is 22.4 Å². The first kappa shape index (κ1) is 13.9. The fraction of sp³-hybridized carbons (Fsp3) is 0.200. The first-order valence-electron chi connectivity index (χ1n) is 6.33. The van der Waals surface area contributed by atoms with Crippen molar-refractivity contribution in [1.29, 1.82) is 0 Å². The number of carbonyl (C=O) groups excluding carboxylic acids is 2. The van der Waals surface area contributed by atoms with Gasteiger partial charge in [0.1, 0.15) is 6.04 Å². The zero-order valence-electron chi connectivity index (χ0n) is 11.3. The Morgan fingerprint density at radius 2 is 2.15 bits per heavy atom.